The van der Waals surface area contributed by atoms with Crippen LogP contribution in [0.25, 0.3) is 0 Å². The molecular weight excluding hydrogens is 280 g/mol. The zero-order valence-electron chi connectivity index (χ0n) is 13.0. The van der Waals surface area contributed by atoms with Crippen molar-refractivity contribution in [3.8, 4) is 0 Å². The molecule has 1 aliphatic carbocycles. The quantitative estimate of drug-likeness (QED) is 0.855. The summed E-state index contributed by atoms with van der Waals surface area (Å²) in [6.07, 6.45) is 9.83. The van der Waals surface area contributed by atoms with E-state index in [-0.39, 0.29) is 12.2 Å². The van der Waals surface area contributed by atoms with Gasteiger partial charge in [0, 0.05) is 38.4 Å². The van der Waals surface area contributed by atoms with Gasteiger partial charge < -0.3 is 14.2 Å². The standard InChI is InChI=1S/C16H24N4O2/c21-16-20(13-4-2-1-3-5-13)11-15(22-16)10-18-6-7-19-12-17-8-14(19)9-18/h8,12-13,15H,1-7,9-11H2. The van der Waals surface area contributed by atoms with Gasteiger partial charge in [0.05, 0.1) is 18.6 Å². The lowest BCUT2D eigenvalue weighted by Crippen LogP contribution is -2.41. The number of imidazole rings is 1. The van der Waals surface area contributed by atoms with Crippen LogP contribution in [-0.2, 0) is 17.8 Å². The molecule has 3 aliphatic rings. The van der Waals surface area contributed by atoms with Gasteiger partial charge in [0.1, 0.15) is 6.10 Å². The summed E-state index contributed by atoms with van der Waals surface area (Å²) in [6, 6.07) is 0.411. The van der Waals surface area contributed by atoms with Gasteiger partial charge in [-0.15, -0.1) is 0 Å². The van der Waals surface area contributed by atoms with E-state index in [0.717, 1.165) is 45.6 Å². The van der Waals surface area contributed by atoms with Gasteiger partial charge in [-0.25, -0.2) is 9.78 Å². The molecule has 2 aliphatic heterocycles. The fourth-order valence-electron chi connectivity index (χ4n) is 4.01. The highest BCUT2D eigenvalue weighted by atomic mass is 16.6. The third kappa shape index (κ3) is 2.72. The van der Waals surface area contributed by atoms with Crippen molar-refractivity contribution in [3.05, 3.63) is 18.2 Å². The number of rotatable bonds is 3. The molecule has 1 saturated carbocycles. The number of aromatic nitrogens is 2. The van der Waals surface area contributed by atoms with Crippen LogP contribution >= 0.6 is 0 Å². The number of hydrogen-bond donors (Lipinski definition) is 0. The fourth-order valence-corrected chi connectivity index (χ4v) is 4.01. The van der Waals surface area contributed by atoms with E-state index in [1.54, 1.807) is 0 Å². The van der Waals surface area contributed by atoms with E-state index < -0.39 is 0 Å². The summed E-state index contributed by atoms with van der Waals surface area (Å²) in [6.45, 7) is 4.47. The molecule has 4 rings (SSSR count). The molecule has 0 N–H and O–H groups in total. The van der Waals surface area contributed by atoms with E-state index in [4.69, 9.17) is 4.74 Å². The minimum absolute atomic E-state index is 0.0175. The van der Waals surface area contributed by atoms with Gasteiger partial charge in [-0.3, -0.25) is 4.90 Å². The maximum atomic E-state index is 12.2. The number of nitrogens with zero attached hydrogens (tertiary/aromatic N) is 4. The molecule has 6 heteroatoms. The molecule has 3 heterocycles. The lowest BCUT2D eigenvalue weighted by Gasteiger charge is -2.30. The van der Waals surface area contributed by atoms with Crippen LogP contribution in [0.3, 0.4) is 0 Å². The van der Waals surface area contributed by atoms with E-state index in [2.05, 4.69) is 14.5 Å². The third-order valence-electron chi connectivity index (χ3n) is 5.22. The Kier molecular flexibility index (Phi) is 3.78. The summed E-state index contributed by atoms with van der Waals surface area (Å²) in [5, 5.41) is 0. The molecule has 22 heavy (non-hydrogen) atoms. The molecule has 0 spiro atoms. The minimum Gasteiger partial charge on any atom is -0.443 e. The summed E-state index contributed by atoms with van der Waals surface area (Å²) in [4.78, 5) is 20.7. The van der Waals surface area contributed by atoms with Crippen LogP contribution in [0.2, 0.25) is 0 Å². The number of hydrogen-bond acceptors (Lipinski definition) is 4. The normalized spacial score (nSPS) is 27.0. The molecule has 0 bridgehead atoms. The van der Waals surface area contributed by atoms with Gasteiger partial charge in [-0.1, -0.05) is 19.3 Å². The second-order valence-corrected chi connectivity index (χ2v) is 6.76. The molecule has 1 saturated heterocycles. The van der Waals surface area contributed by atoms with E-state index in [9.17, 15) is 4.79 Å². The maximum Gasteiger partial charge on any atom is 0.410 e. The Hall–Kier alpha value is -1.56. The first-order valence-corrected chi connectivity index (χ1v) is 8.48. The highest BCUT2D eigenvalue weighted by Crippen LogP contribution is 2.27. The van der Waals surface area contributed by atoms with Crippen LogP contribution in [0.15, 0.2) is 12.5 Å². The second kappa shape index (κ2) is 5.91. The van der Waals surface area contributed by atoms with Crippen LogP contribution in [0.4, 0.5) is 4.79 Å². The van der Waals surface area contributed by atoms with Crippen LogP contribution in [0, 0.1) is 0 Å². The molecule has 1 aromatic rings. The molecule has 0 radical (unpaired) electrons. The molecule has 1 atom stereocenters. The molecule has 120 valence electrons. The predicted molar refractivity (Wildman–Crippen MR) is 81.4 cm³/mol. The fraction of sp³-hybridized carbons (Fsp3) is 0.750. The molecule has 6 nitrogen and oxygen atoms in total. The SMILES string of the molecule is O=C1OC(CN2CCn3cncc3C2)CN1C1CCCCC1. The molecule has 0 aromatic carbocycles. The Morgan fingerprint density at radius 1 is 1.23 bits per heavy atom. The number of carbonyl (C=O) groups is 1. The smallest absolute Gasteiger partial charge is 0.410 e. The molecule has 1 aromatic heterocycles. The predicted octanol–water partition coefficient (Wildman–Crippen LogP) is 1.85. The minimum atomic E-state index is -0.0982. The summed E-state index contributed by atoms with van der Waals surface area (Å²) in [5.41, 5.74) is 1.25. The monoisotopic (exact) mass is 304 g/mol. The Balaban J connectivity index is 1.34. The van der Waals surface area contributed by atoms with Crippen molar-refractivity contribution >= 4 is 6.09 Å². The van der Waals surface area contributed by atoms with Crippen molar-refractivity contribution in [2.45, 2.75) is 57.3 Å². The lowest BCUT2D eigenvalue weighted by atomic mass is 9.94. The highest BCUT2D eigenvalue weighted by Gasteiger charge is 2.37. The van der Waals surface area contributed by atoms with E-state index in [1.807, 2.05) is 17.4 Å². The first-order chi connectivity index (χ1) is 10.8. The summed E-state index contributed by atoms with van der Waals surface area (Å²) >= 11 is 0. The van der Waals surface area contributed by atoms with Crippen molar-refractivity contribution < 1.29 is 9.53 Å². The molecule has 2 fully saturated rings. The van der Waals surface area contributed by atoms with Crippen molar-refractivity contribution in [1.29, 1.82) is 0 Å². The average molecular weight is 304 g/mol. The summed E-state index contributed by atoms with van der Waals surface area (Å²) in [5.74, 6) is 0. The zero-order chi connectivity index (χ0) is 14.9. The van der Waals surface area contributed by atoms with Crippen molar-refractivity contribution in [1.82, 2.24) is 19.4 Å². The summed E-state index contributed by atoms with van der Waals surface area (Å²) in [7, 11) is 0. The Morgan fingerprint density at radius 2 is 2.09 bits per heavy atom. The largest absolute Gasteiger partial charge is 0.443 e. The zero-order valence-corrected chi connectivity index (χ0v) is 13.0. The summed E-state index contributed by atoms with van der Waals surface area (Å²) < 4.78 is 7.82. The Labute approximate surface area is 131 Å². The van der Waals surface area contributed by atoms with Gasteiger partial charge in [-0.05, 0) is 12.8 Å². The maximum absolute atomic E-state index is 12.2. The number of ether oxygens (including phenoxy) is 1. The van der Waals surface area contributed by atoms with Crippen LogP contribution in [-0.4, -0.2) is 57.2 Å². The number of carbonyl (C=O) groups excluding carboxylic acids is 1. The van der Waals surface area contributed by atoms with Crippen molar-refractivity contribution in [2.75, 3.05) is 19.6 Å². The van der Waals surface area contributed by atoms with Crippen LogP contribution in [0.1, 0.15) is 37.8 Å². The van der Waals surface area contributed by atoms with E-state index in [0.29, 0.717) is 6.04 Å². The number of cyclic esters (lactones) is 1. The number of amides is 1. The molecular formula is C16H24N4O2. The topological polar surface area (TPSA) is 50.6 Å². The average Bonchev–Trinajstić information content (AvgIpc) is 3.14. The number of fused-ring (bicyclic) bond motifs is 1. The van der Waals surface area contributed by atoms with Crippen LogP contribution in [0.5, 0.6) is 0 Å². The van der Waals surface area contributed by atoms with Gasteiger partial charge in [0.15, 0.2) is 0 Å². The van der Waals surface area contributed by atoms with Gasteiger partial charge >= 0.3 is 6.09 Å². The third-order valence-corrected chi connectivity index (χ3v) is 5.22. The lowest BCUT2D eigenvalue weighted by molar-refractivity contribution is 0.0950. The molecule has 1 amide bonds. The van der Waals surface area contributed by atoms with Gasteiger partial charge in [0.2, 0.25) is 0 Å². The molecule has 1 unspecified atom stereocenters. The first-order valence-electron chi connectivity index (χ1n) is 8.48. The Bertz CT molecular complexity index is 538. The van der Waals surface area contributed by atoms with Crippen LogP contribution < -0.4 is 0 Å². The van der Waals surface area contributed by atoms with Gasteiger partial charge in [0.25, 0.3) is 0 Å². The van der Waals surface area contributed by atoms with Crippen molar-refractivity contribution in [2.24, 2.45) is 0 Å². The van der Waals surface area contributed by atoms with Gasteiger partial charge in [-0.2, -0.15) is 0 Å². The van der Waals surface area contributed by atoms with E-state index >= 15 is 0 Å². The van der Waals surface area contributed by atoms with E-state index in [1.165, 1.54) is 25.0 Å². The highest BCUT2D eigenvalue weighted by molar-refractivity contribution is 5.70. The second-order valence-electron chi connectivity index (χ2n) is 6.76. The van der Waals surface area contributed by atoms with Crippen molar-refractivity contribution in [3.63, 3.8) is 0 Å². The Morgan fingerprint density at radius 3 is 2.95 bits per heavy atom. The first kappa shape index (κ1) is 14.1.